The van der Waals surface area contributed by atoms with Gasteiger partial charge in [-0.1, -0.05) is 6.07 Å². The lowest BCUT2D eigenvalue weighted by Crippen LogP contribution is -2.25. The van der Waals surface area contributed by atoms with Crippen LogP contribution in [-0.2, 0) is 15.1 Å². The van der Waals surface area contributed by atoms with Gasteiger partial charge in [0, 0.05) is 42.1 Å². The quantitative estimate of drug-likeness (QED) is 0.450. The molecule has 174 valence electrons. The van der Waals surface area contributed by atoms with Gasteiger partial charge in [-0.15, -0.1) is 0 Å². The molecule has 1 aromatic carbocycles. The lowest BCUT2D eigenvalue weighted by Gasteiger charge is -2.20. The summed E-state index contributed by atoms with van der Waals surface area (Å²) in [4.78, 5) is 24.8. The molecule has 1 saturated carbocycles. The van der Waals surface area contributed by atoms with E-state index in [-0.39, 0.29) is 35.5 Å². The number of pyridine rings is 2. The molecule has 1 amide bonds. The number of carbonyl (C=O) groups is 1. The standard InChI is InChI=1S/C24H20F2N4O4/c25-21(26)20-15-9-27-19(30-22(31)12-1-2-12)8-14(15)16(10-28-20)23-29-17-7-13(3-4-18(17)34-23)24(32)5-6-33-11-24/h3-4,7-10,12,21,32H,1-2,5-6,11H2,(H,27,30,31)/t24-/m0/s1. The van der Waals surface area contributed by atoms with Crippen LogP contribution in [0, 0.1) is 5.92 Å². The normalized spacial score (nSPS) is 20.5. The summed E-state index contributed by atoms with van der Waals surface area (Å²) < 4.78 is 38.5. The van der Waals surface area contributed by atoms with E-state index in [2.05, 4.69) is 20.3 Å². The monoisotopic (exact) mass is 466 g/mol. The third-order valence-corrected chi connectivity index (χ3v) is 6.37. The van der Waals surface area contributed by atoms with Gasteiger partial charge in [-0.3, -0.25) is 9.78 Å². The van der Waals surface area contributed by atoms with E-state index in [0.29, 0.717) is 40.6 Å². The average Bonchev–Trinajstić information content (AvgIpc) is 3.45. The molecule has 2 N–H and O–H groups in total. The number of fused-ring (bicyclic) bond motifs is 2. The number of carbonyl (C=O) groups excluding carboxylic acids is 1. The van der Waals surface area contributed by atoms with Crippen LogP contribution in [0.15, 0.2) is 41.1 Å². The van der Waals surface area contributed by atoms with E-state index in [1.165, 1.54) is 18.5 Å². The van der Waals surface area contributed by atoms with Gasteiger partial charge >= 0.3 is 0 Å². The van der Waals surface area contributed by atoms with Crippen LogP contribution in [-0.4, -0.2) is 39.2 Å². The highest BCUT2D eigenvalue weighted by Crippen LogP contribution is 2.37. The third kappa shape index (κ3) is 3.59. The van der Waals surface area contributed by atoms with Crippen LogP contribution in [0.4, 0.5) is 14.6 Å². The van der Waals surface area contributed by atoms with Crippen molar-refractivity contribution in [2.24, 2.45) is 5.92 Å². The highest BCUT2D eigenvalue weighted by atomic mass is 19.3. The van der Waals surface area contributed by atoms with Crippen LogP contribution < -0.4 is 5.32 Å². The highest BCUT2D eigenvalue weighted by molar-refractivity contribution is 6.00. The summed E-state index contributed by atoms with van der Waals surface area (Å²) in [5, 5.41) is 14.1. The van der Waals surface area contributed by atoms with Crippen molar-refractivity contribution >= 4 is 33.6 Å². The molecule has 1 aliphatic carbocycles. The fourth-order valence-corrected chi connectivity index (χ4v) is 4.26. The summed E-state index contributed by atoms with van der Waals surface area (Å²) in [5.41, 5.74) is 0.556. The second-order valence-electron chi connectivity index (χ2n) is 8.77. The molecule has 6 rings (SSSR count). The molecular formula is C24H20F2N4O4. The SMILES string of the molecule is O=C(Nc1cc2c(-c3nc4cc([C@]5(O)CCOC5)ccc4o3)cnc(C(F)F)c2cn1)C1CC1. The fraction of sp³-hybridized carbons (Fsp3) is 0.333. The first-order valence-corrected chi connectivity index (χ1v) is 11.0. The van der Waals surface area contributed by atoms with Crippen molar-refractivity contribution in [3.8, 4) is 11.5 Å². The van der Waals surface area contributed by atoms with Gasteiger partial charge in [0.2, 0.25) is 11.8 Å². The molecule has 1 saturated heterocycles. The maximum absolute atomic E-state index is 13.6. The molecule has 34 heavy (non-hydrogen) atoms. The molecular weight excluding hydrogens is 446 g/mol. The largest absolute Gasteiger partial charge is 0.436 e. The van der Waals surface area contributed by atoms with Gasteiger partial charge in [0.1, 0.15) is 22.6 Å². The number of hydrogen-bond acceptors (Lipinski definition) is 7. The number of benzene rings is 1. The number of aliphatic hydroxyl groups is 1. The third-order valence-electron chi connectivity index (χ3n) is 6.37. The zero-order chi connectivity index (χ0) is 23.4. The smallest absolute Gasteiger partial charge is 0.281 e. The summed E-state index contributed by atoms with van der Waals surface area (Å²) in [5.74, 6) is 0.279. The number of aromatic nitrogens is 3. The number of nitrogens with zero attached hydrogens (tertiary/aromatic N) is 3. The van der Waals surface area contributed by atoms with Crippen molar-refractivity contribution in [3.63, 3.8) is 0 Å². The zero-order valence-corrected chi connectivity index (χ0v) is 17.9. The van der Waals surface area contributed by atoms with Crippen molar-refractivity contribution in [1.82, 2.24) is 15.0 Å². The first kappa shape index (κ1) is 21.1. The number of anilines is 1. The maximum atomic E-state index is 13.6. The first-order chi connectivity index (χ1) is 16.4. The van der Waals surface area contributed by atoms with E-state index in [4.69, 9.17) is 9.15 Å². The number of amides is 1. The summed E-state index contributed by atoms with van der Waals surface area (Å²) >= 11 is 0. The Labute approximate surface area is 192 Å². The van der Waals surface area contributed by atoms with Crippen LogP contribution in [0.3, 0.4) is 0 Å². The summed E-state index contributed by atoms with van der Waals surface area (Å²) in [6, 6.07) is 6.75. The van der Waals surface area contributed by atoms with Gasteiger partial charge in [0.25, 0.3) is 6.43 Å². The van der Waals surface area contributed by atoms with Crippen LogP contribution in [0.25, 0.3) is 33.3 Å². The highest BCUT2D eigenvalue weighted by Gasteiger charge is 2.34. The van der Waals surface area contributed by atoms with Crippen LogP contribution in [0.2, 0.25) is 0 Å². The van der Waals surface area contributed by atoms with Gasteiger partial charge in [0.05, 0.1) is 12.2 Å². The number of oxazole rings is 1. The van der Waals surface area contributed by atoms with E-state index in [1.807, 2.05) is 0 Å². The number of rotatable bonds is 5. The fourth-order valence-electron chi connectivity index (χ4n) is 4.26. The predicted octanol–water partition coefficient (Wildman–Crippen LogP) is 4.33. The van der Waals surface area contributed by atoms with Crippen molar-refractivity contribution in [1.29, 1.82) is 0 Å². The Balaban J connectivity index is 1.45. The number of alkyl halides is 2. The minimum atomic E-state index is -2.80. The van der Waals surface area contributed by atoms with E-state index >= 15 is 0 Å². The molecule has 0 radical (unpaired) electrons. The van der Waals surface area contributed by atoms with Gasteiger partial charge in [-0.05, 0) is 36.6 Å². The predicted molar refractivity (Wildman–Crippen MR) is 118 cm³/mol. The van der Waals surface area contributed by atoms with E-state index in [9.17, 15) is 18.7 Å². The minimum Gasteiger partial charge on any atom is -0.436 e. The number of halogens is 2. The Morgan fingerprint density at radius 2 is 2.03 bits per heavy atom. The molecule has 2 aliphatic rings. The Hall–Kier alpha value is -3.50. The molecule has 4 aromatic rings. The second-order valence-corrected chi connectivity index (χ2v) is 8.77. The van der Waals surface area contributed by atoms with Crippen LogP contribution in [0.1, 0.15) is 36.9 Å². The Morgan fingerprint density at radius 1 is 1.18 bits per heavy atom. The Bertz CT molecular complexity index is 1430. The summed E-state index contributed by atoms with van der Waals surface area (Å²) in [6.45, 7) is 0.676. The number of ether oxygens (including phenoxy) is 1. The van der Waals surface area contributed by atoms with E-state index in [1.54, 1.807) is 18.2 Å². The van der Waals surface area contributed by atoms with Crippen LogP contribution in [0.5, 0.6) is 0 Å². The zero-order valence-electron chi connectivity index (χ0n) is 17.9. The molecule has 4 heterocycles. The molecule has 10 heteroatoms. The van der Waals surface area contributed by atoms with Crippen molar-refractivity contribution in [2.75, 3.05) is 18.5 Å². The summed E-state index contributed by atoms with van der Waals surface area (Å²) in [6.07, 6.45) is 1.92. The molecule has 2 fully saturated rings. The molecule has 0 bridgehead atoms. The van der Waals surface area contributed by atoms with Gasteiger partial charge in [-0.2, -0.15) is 0 Å². The summed E-state index contributed by atoms with van der Waals surface area (Å²) in [7, 11) is 0. The van der Waals surface area contributed by atoms with Gasteiger partial charge in [0.15, 0.2) is 5.58 Å². The van der Waals surface area contributed by atoms with E-state index < -0.39 is 17.7 Å². The molecule has 1 aliphatic heterocycles. The Kier molecular flexibility index (Phi) is 4.82. The topological polar surface area (TPSA) is 110 Å². The maximum Gasteiger partial charge on any atom is 0.281 e. The lowest BCUT2D eigenvalue weighted by atomic mass is 9.93. The van der Waals surface area contributed by atoms with Crippen molar-refractivity contribution < 1.29 is 27.8 Å². The number of hydrogen-bond donors (Lipinski definition) is 2. The van der Waals surface area contributed by atoms with Gasteiger partial charge < -0.3 is 19.6 Å². The second kappa shape index (κ2) is 7.78. The molecule has 0 spiro atoms. The van der Waals surface area contributed by atoms with Crippen molar-refractivity contribution in [2.45, 2.75) is 31.3 Å². The molecule has 1 atom stereocenters. The van der Waals surface area contributed by atoms with Gasteiger partial charge in [-0.25, -0.2) is 18.7 Å². The molecule has 0 unspecified atom stereocenters. The van der Waals surface area contributed by atoms with Crippen molar-refractivity contribution in [3.05, 3.63) is 47.9 Å². The molecule has 3 aromatic heterocycles. The first-order valence-electron chi connectivity index (χ1n) is 11.0. The lowest BCUT2D eigenvalue weighted by molar-refractivity contribution is -0.117. The number of nitrogens with one attached hydrogen (secondary N) is 1. The van der Waals surface area contributed by atoms with Crippen LogP contribution >= 0.6 is 0 Å². The minimum absolute atomic E-state index is 0.0302. The molecule has 8 nitrogen and oxygen atoms in total. The van der Waals surface area contributed by atoms with E-state index in [0.717, 1.165) is 12.8 Å². The Morgan fingerprint density at radius 3 is 2.76 bits per heavy atom. The average molecular weight is 466 g/mol.